The topological polar surface area (TPSA) is 12.0 Å². The molecule has 1 aromatic rings. The van der Waals surface area contributed by atoms with Crippen molar-refractivity contribution in [3.05, 3.63) is 33.8 Å². The number of hydrogen-bond acceptors (Lipinski definition) is 1. The molecule has 0 saturated heterocycles. The van der Waals surface area contributed by atoms with Gasteiger partial charge in [0, 0.05) is 23.5 Å². The van der Waals surface area contributed by atoms with E-state index in [9.17, 15) is 8.78 Å². The molecule has 1 aromatic carbocycles. The monoisotopic (exact) mass is 351 g/mol. The first-order valence-corrected chi connectivity index (χ1v) is 7.84. The highest BCUT2D eigenvalue weighted by atomic mass is 79.9. The molecular weight excluding hydrogens is 336 g/mol. The average Bonchev–Trinajstić information content (AvgIpc) is 2.44. The molecule has 0 aliphatic heterocycles. The summed E-state index contributed by atoms with van der Waals surface area (Å²) in [6.45, 7) is 0.170. The van der Waals surface area contributed by atoms with E-state index < -0.39 is 11.6 Å². The molecule has 19 heavy (non-hydrogen) atoms. The van der Waals surface area contributed by atoms with Gasteiger partial charge >= 0.3 is 0 Å². The molecule has 5 heteroatoms. The summed E-state index contributed by atoms with van der Waals surface area (Å²) in [5.74, 6) is -0.577. The van der Waals surface area contributed by atoms with E-state index in [0.29, 0.717) is 5.88 Å². The Morgan fingerprint density at radius 1 is 1.21 bits per heavy atom. The second-order valence-corrected chi connectivity index (χ2v) is 6.27. The van der Waals surface area contributed by atoms with E-state index in [0.717, 1.165) is 25.7 Å². The first-order valence-electron chi connectivity index (χ1n) is 6.51. The molecule has 0 radical (unpaired) electrons. The zero-order chi connectivity index (χ0) is 13.9. The molecule has 0 amide bonds. The van der Waals surface area contributed by atoms with Gasteiger partial charge in [0.25, 0.3) is 0 Å². The zero-order valence-corrected chi connectivity index (χ0v) is 13.0. The highest BCUT2D eigenvalue weighted by molar-refractivity contribution is 9.10. The van der Waals surface area contributed by atoms with Crippen molar-refractivity contribution in [2.45, 2.75) is 44.2 Å². The van der Waals surface area contributed by atoms with Crippen LogP contribution in [0.1, 0.15) is 37.7 Å². The van der Waals surface area contributed by atoms with Gasteiger partial charge in [-0.1, -0.05) is 19.3 Å². The van der Waals surface area contributed by atoms with E-state index in [1.807, 2.05) is 0 Å². The maximum Gasteiger partial charge on any atom is 0.144 e. The molecule has 106 valence electrons. The summed E-state index contributed by atoms with van der Waals surface area (Å²) in [5.41, 5.74) is -0.106. The molecule has 0 unspecified atom stereocenters. The van der Waals surface area contributed by atoms with Crippen LogP contribution in [0.5, 0.6) is 0 Å². The fourth-order valence-electron chi connectivity index (χ4n) is 2.59. The van der Waals surface area contributed by atoms with Crippen molar-refractivity contribution in [2.75, 3.05) is 5.88 Å². The Balaban J connectivity index is 2.11. The largest absolute Gasteiger partial charge is 0.306 e. The first kappa shape index (κ1) is 15.2. The quantitative estimate of drug-likeness (QED) is 0.608. The van der Waals surface area contributed by atoms with Gasteiger partial charge in [0.05, 0.1) is 4.47 Å². The molecule has 2 rings (SSSR count). The van der Waals surface area contributed by atoms with Crippen LogP contribution in [0.15, 0.2) is 16.6 Å². The van der Waals surface area contributed by atoms with Crippen molar-refractivity contribution < 1.29 is 8.78 Å². The predicted octanol–water partition coefficient (Wildman–Crippen LogP) is 4.76. The maximum absolute atomic E-state index is 13.9. The first-order chi connectivity index (χ1) is 9.08. The van der Waals surface area contributed by atoms with Gasteiger partial charge in [0.15, 0.2) is 0 Å². The number of alkyl halides is 1. The highest BCUT2D eigenvalue weighted by Crippen LogP contribution is 2.30. The molecule has 1 saturated carbocycles. The van der Waals surface area contributed by atoms with Gasteiger partial charge < -0.3 is 5.32 Å². The third-order valence-electron chi connectivity index (χ3n) is 3.85. The summed E-state index contributed by atoms with van der Waals surface area (Å²) in [4.78, 5) is 0. The van der Waals surface area contributed by atoms with Crippen molar-refractivity contribution in [1.29, 1.82) is 0 Å². The lowest BCUT2D eigenvalue weighted by atomic mass is 9.83. The number of benzene rings is 1. The lowest BCUT2D eigenvalue weighted by molar-refractivity contribution is 0.254. The molecule has 1 nitrogen and oxygen atoms in total. The Morgan fingerprint density at radius 2 is 1.89 bits per heavy atom. The third kappa shape index (κ3) is 3.47. The van der Waals surface area contributed by atoms with E-state index in [2.05, 4.69) is 21.2 Å². The van der Waals surface area contributed by atoms with Gasteiger partial charge in [-0.2, -0.15) is 0 Å². The minimum atomic E-state index is -0.534. The summed E-state index contributed by atoms with van der Waals surface area (Å²) in [7, 11) is 0. The van der Waals surface area contributed by atoms with Crippen LogP contribution in [0.4, 0.5) is 8.78 Å². The molecule has 1 aliphatic carbocycles. The van der Waals surface area contributed by atoms with Crippen LogP contribution in [0.2, 0.25) is 0 Å². The normalized spacial score (nSPS) is 18.5. The molecule has 0 heterocycles. The Bertz CT molecular complexity index is 447. The van der Waals surface area contributed by atoms with E-state index in [-0.39, 0.29) is 22.1 Å². The number of rotatable bonds is 4. The van der Waals surface area contributed by atoms with Crippen LogP contribution in [0.3, 0.4) is 0 Å². The molecule has 1 fully saturated rings. The van der Waals surface area contributed by atoms with Gasteiger partial charge in [-0.25, -0.2) is 8.78 Å². The van der Waals surface area contributed by atoms with E-state index >= 15 is 0 Å². The fourth-order valence-corrected chi connectivity index (χ4v) is 3.33. The van der Waals surface area contributed by atoms with Gasteiger partial charge in [0.2, 0.25) is 0 Å². The van der Waals surface area contributed by atoms with Crippen LogP contribution >= 0.6 is 27.5 Å². The summed E-state index contributed by atoms with van der Waals surface area (Å²) in [6.07, 6.45) is 5.37. The number of nitrogens with one attached hydrogen (secondary N) is 1. The van der Waals surface area contributed by atoms with E-state index in [1.54, 1.807) is 0 Å². The molecule has 0 spiro atoms. The Morgan fingerprint density at radius 3 is 2.53 bits per heavy atom. The Hall–Kier alpha value is -0.190. The van der Waals surface area contributed by atoms with Crippen LogP contribution in [0, 0.1) is 11.6 Å². The Labute approximate surface area is 125 Å². The van der Waals surface area contributed by atoms with Crippen LogP contribution in [0.25, 0.3) is 0 Å². The predicted molar refractivity (Wildman–Crippen MR) is 77.4 cm³/mol. The third-order valence-corrected chi connectivity index (χ3v) is 4.97. The molecule has 0 aromatic heterocycles. The summed E-state index contributed by atoms with van der Waals surface area (Å²) in [5, 5.41) is 3.28. The van der Waals surface area contributed by atoms with Crippen molar-refractivity contribution >= 4 is 27.5 Å². The summed E-state index contributed by atoms with van der Waals surface area (Å²) in [6, 6.07) is 2.66. The summed E-state index contributed by atoms with van der Waals surface area (Å²) < 4.78 is 27.9. The van der Waals surface area contributed by atoms with Gasteiger partial charge in [0.1, 0.15) is 11.6 Å². The standard InChI is InChI=1S/C14H17BrClF2N/c15-11-4-5-12(17)10(13(11)18)8-19-14(9-16)6-2-1-3-7-14/h4-5,19H,1-3,6-9H2. The van der Waals surface area contributed by atoms with Crippen molar-refractivity contribution in [3.63, 3.8) is 0 Å². The van der Waals surface area contributed by atoms with E-state index in [4.69, 9.17) is 11.6 Å². The minimum Gasteiger partial charge on any atom is -0.306 e. The zero-order valence-electron chi connectivity index (χ0n) is 10.6. The van der Waals surface area contributed by atoms with Crippen molar-refractivity contribution in [1.82, 2.24) is 5.32 Å². The van der Waals surface area contributed by atoms with Gasteiger partial charge in [-0.15, -0.1) is 11.6 Å². The van der Waals surface area contributed by atoms with Crippen LogP contribution in [-0.4, -0.2) is 11.4 Å². The number of hydrogen-bond donors (Lipinski definition) is 1. The molecule has 1 aliphatic rings. The molecule has 0 atom stereocenters. The van der Waals surface area contributed by atoms with Crippen molar-refractivity contribution in [2.24, 2.45) is 0 Å². The SMILES string of the molecule is Fc1ccc(Br)c(F)c1CNC1(CCl)CCCCC1. The van der Waals surface area contributed by atoms with Crippen molar-refractivity contribution in [3.8, 4) is 0 Å². The van der Waals surface area contributed by atoms with Gasteiger partial charge in [-0.3, -0.25) is 0 Å². The molecular formula is C14H17BrClF2N. The second-order valence-electron chi connectivity index (χ2n) is 5.15. The van der Waals surface area contributed by atoms with E-state index in [1.165, 1.54) is 18.6 Å². The van der Waals surface area contributed by atoms with Crippen LogP contribution < -0.4 is 5.32 Å². The lowest BCUT2D eigenvalue weighted by Crippen LogP contribution is -2.48. The van der Waals surface area contributed by atoms with Gasteiger partial charge in [-0.05, 0) is 40.9 Å². The maximum atomic E-state index is 13.9. The van der Waals surface area contributed by atoms with Crippen LogP contribution in [-0.2, 0) is 6.54 Å². The fraction of sp³-hybridized carbons (Fsp3) is 0.571. The summed E-state index contributed by atoms with van der Waals surface area (Å²) >= 11 is 9.14. The lowest BCUT2D eigenvalue weighted by Gasteiger charge is -2.36. The highest BCUT2D eigenvalue weighted by Gasteiger charge is 2.31. The average molecular weight is 353 g/mol. The molecule has 0 bridgehead atoms. The Kier molecular flexibility index (Phi) is 5.21. The molecule has 1 N–H and O–H groups in total. The minimum absolute atomic E-state index is 0.0736. The smallest absolute Gasteiger partial charge is 0.144 e. The number of halogens is 4. The second kappa shape index (κ2) is 6.51.